The molecule has 0 bridgehead atoms. The lowest BCUT2D eigenvalue weighted by atomic mass is 9.87. The lowest BCUT2D eigenvalue weighted by Crippen LogP contribution is -2.29. The molecular weight excluding hydrogens is 253 g/mol. The van der Waals surface area contributed by atoms with E-state index < -0.39 is 5.82 Å². The van der Waals surface area contributed by atoms with Crippen molar-refractivity contribution in [3.63, 3.8) is 0 Å². The normalized spacial score (nSPS) is 23.5. The Morgan fingerprint density at radius 3 is 2.89 bits per heavy atom. The summed E-state index contributed by atoms with van der Waals surface area (Å²) in [7, 11) is 0. The first-order valence-corrected chi connectivity index (χ1v) is 6.60. The van der Waals surface area contributed by atoms with Gasteiger partial charge in [0.05, 0.1) is 5.02 Å². The quantitative estimate of drug-likeness (QED) is 0.894. The van der Waals surface area contributed by atoms with Crippen LogP contribution in [0, 0.1) is 11.7 Å². The van der Waals surface area contributed by atoms with Gasteiger partial charge in [-0.2, -0.15) is 0 Å². The number of carbonyl (C=O) groups is 1. The second-order valence-corrected chi connectivity index (χ2v) is 5.66. The van der Waals surface area contributed by atoms with Crippen molar-refractivity contribution in [1.29, 1.82) is 0 Å². The van der Waals surface area contributed by atoms with E-state index in [-0.39, 0.29) is 22.9 Å². The van der Waals surface area contributed by atoms with E-state index in [4.69, 9.17) is 11.6 Å². The highest BCUT2D eigenvalue weighted by Gasteiger charge is 2.35. The summed E-state index contributed by atoms with van der Waals surface area (Å²) in [5.41, 5.74) is 0.548. The second-order valence-electron chi connectivity index (χ2n) is 5.26. The Hall–Kier alpha value is -1.09. The molecule has 1 fully saturated rings. The van der Waals surface area contributed by atoms with E-state index in [0.717, 1.165) is 6.42 Å². The van der Waals surface area contributed by atoms with Crippen LogP contribution in [0.3, 0.4) is 0 Å². The topological polar surface area (TPSA) is 29.1 Å². The van der Waals surface area contributed by atoms with Gasteiger partial charge >= 0.3 is 0 Å². The van der Waals surface area contributed by atoms with Crippen molar-refractivity contribution in [1.82, 2.24) is 5.32 Å². The minimum Gasteiger partial charge on any atom is -0.353 e. The number of hydrogen-bond acceptors (Lipinski definition) is 1. The van der Waals surface area contributed by atoms with Crippen molar-refractivity contribution < 1.29 is 9.18 Å². The van der Waals surface area contributed by atoms with Crippen LogP contribution in [-0.2, 0) is 4.79 Å². The van der Waals surface area contributed by atoms with Gasteiger partial charge in [0.1, 0.15) is 5.82 Å². The van der Waals surface area contributed by atoms with Gasteiger partial charge in [-0.1, -0.05) is 37.6 Å². The molecule has 1 aromatic rings. The average Bonchev–Trinajstić information content (AvgIpc) is 2.62. The van der Waals surface area contributed by atoms with Gasteiger partial charge in [-0.05, 0) is 24.0 Å². The number of amides is 1. The average molecular weight is 270 g/mol. The molecule has 1 aromatic carbocycles. The highest BCUT2D eigenvalue weighted by Crippen LogP contribution is 2.35. The van der Waals surface area contributed by atoms with Crippen molar-refractivity contribution >= 4 is 17.5 Å². The highest BCUT2D eigenvalue weighted by atomic mass is 35.5. The summed E-state index contributed by atoms with van der Waals surface area (Å²) in [6, 6.07) is 4.99. The molecule has 2 unspecified atom stereocenters. The van der Waals surface area contributed by atoms with Crippen LogP contribution in [0.15, 0.2) is 18.2 Å². The van der Waals surface area contributed by atoms with Gasteiger partial charge in [0.15, 0.2) is 0 Å². The fourth-order valence-electron chi connectivity index (χ4n) is 2.57. The minimum atomic E-state index is -0.394. The third kappa shape index (κ3) is 2.66. The lowest BCUT2D eigenvalue weighted by molar-refractivity contribution is -0.119. The Balaban J connectivity index is 2.30. The third-order valence-corrected chi connectivity index (χ3v) is 3.64. The van der Waals surface area contributed by atoms with E-state index in [1.165, 1.54) is 6.07 Å². The monoisotopic (exact) mass is 269 g/mol. The summed E-state index contributed by atoms with van der Waals surface area (Å²) in [6.07, 6.45) is 1.19. The molecule has 2 atom stereocenters. The second kappa shape index (κ2) is 5.27. The molecule has 0 aliphatic carbocycles. The molecule has 1 aliphatic heterocycles. The standard InChI is InChI=1S/C14H17ClFNO/c1-8(2)6-12-10(7-13(18)17-12)9-4-3-5-11(15)14(9)16/h3-5,8,10,12H,6-7H2,1-2H3,(H,17,18). The van der Waals surface area contributed by atoms with E-state index in [1.807, 2.05) is 0 Å². The number of hydrogen-bond donors (Lipinski definition) is 1. The van der Waals surface area contributed by atoms with Gasteiger partial charge in [-0.15, -0.1) is 0 Å². The predicted octanol–water partition coefficient (Wildman–Crippen LogP) is 3.50. The predicted molar refractivity (Wildman–Crippen MR) is 70.2 cm³/mol. The lowest BCUT2D eigenvalue weighted by Gasteiger charge is -2.21. The fourth-order valence-corrected chi connectivity index (χ4v) is 2.75. The fraction of sp³-hybridized carbons (Fsp3) is 0.500. The molecule has 2 nitrogen and oxygen atoms in total. The van der Waals surface area contributed by atoms with Crippen LogP contribution in [0.25, 0.3) is 0 Å². The highest BCUT2D eigenvalue weighted by molar-refractivity contribution is 6.30. The molecule has 1 amide bonds. The first kappa shape index (κ1) is 13.3. The molecule has 0 radical (unpaired) electrons. The molecule has 98 valence electrons. The van der Waals surface area contributed by atoms with Crippen LogP contribution >= 0.6 is 11.6 Å². The molecule has 1 aliphatic rings. The Bertz CT molecular complexity index is 461. The maximum absolute atomic E-state index is 14.0. The van der Waals surface area contributed by atoms with Crippen LogP contribution in [0.1, 0.15) is 38.2 Å². The van der Waals surface area contributed by atoms with Crippen molar-refractivity contribution in [2.75, 3.05) is 0 Å². The Labute approximate surface area is 112 Å². The summed E-state index contributed by atoms with van der Waals surface area (Å²) >= 11 is 5.80. The first-order chi connectivity index (χ1) is 8.49. The molecule has 0 spiro atoms. The molecule has 4 heteroatoms. The zero-order valence-corrected chi connectivity index (χ0v) is 11.3. The summed E-state index contributed by atoms with van der Waals surface area (Å²) in [5.74, 6) is -0.0591. The van der Waals surface area contributed by atoms with Gasteiger partial charge in [0.25, 0.3) is 0 Å². The Kier molecular flexibility index (Phi) is 3.91. The number of halogens is 2. The van der Waals surface area contributed by atoms with Gasteiger partial charge in [0.2, 0.25) is 5.91 Å². The van der Waals surface area contributed by atoms with Crippen LogP contribution in [0.5, 0.6) is 0 Å². The SMILES string of the molecule is CC(C)CC1NC(=O)CC1c1cccc(Cl)c1F. The third-order valence-electron chi connectivity index (χ3n) is 3.34. The zero-order chi connectivity index (χ0) is 13.3. The molecule has 0 aromatic heterocycles. The molecule has 1 heterocycles. The number of rotatable bonds is 3. The van der Waals surface area contributed by atoms with E-state index in [0.29, 0.717) is 17.9 Å². The number of benzene rings is 1. The van der Waals surface area contributed by atoms with Gasteiger partial charge < -0.3 is 5.32 Å². The summed E-state index contributed by atoms with van der Waals surface area (Å²) < 4.78 is 14.0. The first-order valence-electron chi connectivity index (χ1n) is 6.22. The van der Waals surface area contributed by atoms with Gasteiger partial charge in [-0.3, -0.25) is 4.79 Å². The van der Waals surface area contributed by atoms with Crippen LogP contribution in [-0.4, -0.2) is 11.9 Å². The van der Waals surface area contributed by atoms with Crippen molar-refractivity contribution in [3.8, 4) is 0 Å². The van der Waals surface area contributed by atoms with Crippen molar-refractivity contribution in [3.05, 3.63) is 34.6 Å². The van der Waals surface area contributed by atoms with Crippen molar-refractivity contribution in [2.24, 2.45) is 5.92 Å². The Morgan fingerprint density at radius 2 is 2.22 bits per heavy atom. The molecule has 1 saturated heterocycles. The summed E-state index contributed by atoms with van der Waals surface area (Å²) in [5, 5.41) is 3.05. The number of nitrogens with one attached hydrogen (secondary N) is 1. The molecule has 1 N–H and O–H groups in total. The minimum absolute atomic E-state index is 0.00506. The van der Waals surface area contributed by atoms with Crippen molar-refractivity contribution in [2.45, 2.75) is 38.6 Å². The maximum atomic E-state index is 14.0. The summed E-state index contributed by atoms with van der Waals surface area (Å²) in [6.45, 7) is 4.19. The van der Waals surface area contributed by atoms with Crippen LogP contribution in [0.4, 0.5) is 4.39 Å². The van der Waals surface area contributed by atoms with Gasteiger partial charge in [-0.25, -0.2) is 4.39 Å². The largest absolute Gasteiger partial charge is 0.353 e. The van der Waals surface area contributed by atoms with E-state index in [9.17, 15) is 9.18 Å². The smallest absolute Gasteiger partial charge is 0.220 e. The zero-order valence-electron chi connectivity index (χ0n) is 10.5. The van der Waals surface area contributed by atoms with E-state index >= 15 is 0 Å². The molecule has 0 saturated carbocycles. The van der Waals surface area contributed by atoms with Crippen LogP contribution in [0.2, 0.25) is 5.02 Å². The Morgan fingerprint density at radius 1 is 1.50 bits per heavy atom. The molecular formula is C14H17ClFNO. The number of carbonyl (C=O) groups excluding carboxylic acids is 1. The maximum Gasteiger partial charge on any atom is 0.220 e. The van der Waals surface area contributed by atoms with E-state index in [1.54, 1.807) is 12.1 Å². The summed E-state index contributed by atoms with van der Waals surface area (Å²) in [4.78, 5) is 11.5. The van der Waals surface area contributed by atoms with E-state index in [2.05, 4.69) is 19.2 Å². The molecule has 18 heavy (non-hydrogen) atoms. The van der Waals surface area contributed by atoms with Gasteiger partial charge in [0, 0.05) is 18.4 Å². The van der Waals surface area contributed by atoms with Crippen LogP contribution < -0.4 is 5.32 Å². The molecule has 2 rings (SSSR count).